The molecule has 0 aliphatic heterocycles. The summed E-state index contributed by atoms with van der Waals surface area (Å²) in [6.45, 7) is 0. The Balaban J connectivity index is 2.21. The van der Waals surface area contributed by atoms with Crippen LogP contribution in [0, 0.1) is 0 Å². The molecule has 0 spiro atoms. The third-order valence-corrected chi connectivity index (χ3v) is 4.87. The number of hydrogen-bond acceptors (Lipinski definition) is 5. The molecule has 0 amide bonds. The van der Waals surface area contributed by atoms with E-state index in [1.807, 2.05) is 0 Å². The molecule has 0 aromatic rings. The predicted octanol–water partition coefficient (Wildman–Crippen LogP) is 5.20. The molecule has 0 atom stereocenters. The second-order valence-electron chi connectivity index (χ2n) is 2.86. The van der Waals surface area contributed by atoms with Crippen LogP contribution < -0.4 is 0 Å². The first-order chi connectivity index (χ1) is 6.86. The third-order valence-electron chi connectivity index (χ3n) is 1.97. The van der Waals surface area contributed by atoms with Crippen LogP contribution in [-0.2, 0) is 12.5 Å². The second-order valence-corrected chi connectivity index (χ2v) is 5.72. The molecule has 1 aliphatic rings. The van der Waals surface area contributed by atoms with Gasteiger partial charge in [-0.15, -0.1) is 0 Å². The minimum Gasteiger partial charge on any atom is -0.308 e. The molecule has 0 bridgehead atoms. The van der Waals surface area contributed by atoms with Gasteiger partial charge in [0.05, 0.1) is 6.10 Å². The average Bonchev–Trinajstić information content (AvgIpc) is 2.20. The van der Waals surface area contributed by atoms with Crippen molar-refractivity contribution in [1.82, 2.24) is 0 Å². The molecule has 1 fully saturated rings. The molecule has 0 N–H and O–H groups in total. The monoisotopic (exact) mass is 296 g/mol. The van der Waals surface area contributed by atoms with Crippen molar-refractivity contribution in [2.45, 2.75) is 38.2 Å². The van der Waals surface area contributed by atoms with Crippen LogP contribution in [0.2, 0.25) is 0 Å². The van der Waals surface area contributed by atoms with E-state index in [4.69, 9.17) is 33.8 Å². The molecule has 1 rings (SSSR count). The summed E-state index contributed by atoms with van der Waals surface area (Å²) in [6, 6.07) is 0. The Kier molecular flexibility index (Phi) is 8.49. The molecule has 14 heavy (non-hydrogen) atoms. The Labute approximate surface area is 103 Å². The maximum atomic E-state index is 5.58. The molecule has 0 unspecified atom stereocenters. The molecule has 3 nitrogen and oxygen atoms in total. The van der Waals surface area contributed by atoms with Gasteiger partial charge in [-0.05, 0) is 34.2 Å². The van der Waals surface area contributed by atoms with E-state index >= 15 is 0 Å². The number of hydrogen-bond donors (Lipinski definition) is 0. The number of halogens is 2. The van der Waals surface area contributed by atoms with Gasteiger partial charge in [-0.2, -0.15) is 0 Å². The zero-order valence-electron chi connectivity index (χ0n) is 7.36. The fourth-order valence-corrected chi connectivity index (χ4v) is 3.64. The molecule has 84 valence electrons. The normalized spacial score (nSPS) is 19.1. The van der Waals surface area contributed by atoms with Crippen LogP contribution in [0.1, 0.15) is 32.1 Å². The van der Waals surface area contributed by atoms with Gasteiger partial charge in [-0.1, -0.05) is 19.3 Å². The zero-order valence-corrected chi connectivity index (χ0v) is 11.4. The van der Waals surface area contributed by atoms with Gasteiger partial charge < -0.3 is 4.52 Å². The minimum atomic E-state index is -1.42. The Morgan fingerprint density at radius 1 is 1.00 bits per heavy atom. The van der Waals surface area contributed by atoms with E-state index in [0.29, 0.717) is 0 Å². The maximum absolute atomic E-state index is 5.58. The van der Waals surface area contributed by atoms with Crippen molar-refractivity contribution in [2.24, 2.45) is 0 Å². The van der Waals surface area contributed by atoms with Gasteiger partial charge >= 0.3 is 8.60 Å². The Hall–Kier alpha value is 1.59. The van der Waals surface area contributed by atoms with Gasteiger partial charge in [0.15, 0.2) is 0 Å². The minimum absolute atomic E-state index is 0.225. The van der Waals surface area contributed by atoms with Crippen LogP contribution in [0.5, 0.6) is 0 Å². The van der Waals surface area contributed by atoms with Crippen LogP contribution in [-0.4, -0.2) is 6.10 Å². The highest BCUT2D eigenvalue weighted by Crippen LogP contribution is 2.51. The van der Waals surface area contributed by atoms with E-state index in [0.717, 1.165) is 35.4 Å². The van der Waals surface area contributed by atoms with E-state index < -0.39 is 8.60 Å². The van der Waals surface area contributed by atoms with Gasteiger partial charge in [-0.3, -0.25) is 0 Å². The smallest absolute Gasteiger partial charge is 0.308 e. The molecular formula is C6H11Cl2O3PS2. The van der Waals surface area contributed by atoms with E-state index in [1.165, 1.54) is 19.3 Å². The van der Waals surface area contributed by atoms with Crippen LogP contribution in [0.3, 0.4) is 0 Å². The lowest BCUT2D eigenvalue weighted by molar-refractivity contribution is 0.144. The Morgan fingerprint density at radius 2 is 1.57 bits per heavy atom. The van der Waals surface area contributed by atoms with Gasteiger partial charge in [0.1, 0.15) is 22.5 Å². The van der Waals surface area contributed by atoms with E-state index in [9.17, 15) is 0 Å². The van der Waals surface area contributed by atoms with Crippen molar-refractivity contribution >= 4 is 52.5 Å². The van der Waals surface area contributed by atoms with E-state index in [-0.39, 0.29) is 6.10 Å². The first-order valence-corrected chi connectivity index (χ1v) is 8.47. The molecule has 8 heteroatoms. The SMILES string of the molecule is ClSOP(OSCl)OC1CCCCC1. The summed E-state index contributed by atoms with van der Waals surface area (Å²) in [5, 5.41) is 0. The summed E-state index contributed by atoms with van der Waals surface area (Å²) in [4.78, 5) is 0. The first-order valence-electron chi connectivity index (χ1n) is 4.24. The van der Waals surface area contributed by atoms with Gasteiger partial charge in [0.2, 0.25) is 0 Å². The topological polar surface area (TPSA) is 27.7 Å². The fraction of sp³-hybridized carbons (Fsp3) is 1.00. The molecule has 1 saturated carbocycles. The van der Waals surface area contributed by atoms with Crippen molar-refractivity contribution in [3.05, 3.63) is 0 Å². The van der Waals surface area contributed by atoms with Crippen molar-refractivity contribution in [2.75, 3.05) is 0 Å². The molecule has 1 aliphatic carbocycles. The van der Waals surface area contributed by atoms with Crippen LogP contribution in [0.4, 0.5) is 0 Å². The predicted molar refractivity (Wildman–Crippen MR) is 63.9 cm³/mol. The van der Waals surface area contributed by atoms with Crippen LogP contribution >= 0.6 is 52.5 Å². The van der Waals surface area contributed by atoms with Crippen molar-refractivity contribution in [3.63, 3.8) is 0 Å². The fourth-order valence-electron chi connectivity index (χ4n) is 1.39. The summed E-state index contributed by atoms with van der Waals surface area (Å²) in [5.74, 6) is 0. The summed E-state index contributed by atoms with van der Waals surface area (Å²) in [5.41, 5.74) is 0. The first kappa shape index (κ1) is 13.7. The molecule has 0 saturated heterocycles. The highest BCUT2D eigenvalue weighted by atomic mass is 35.7. The second kappa shape index (κ2) is 8.71. The van der Waals surface area contributed by atoms with Crippen molar-refractivity contribution < 1.29 is 12.5 Å². The molecule has 0 heterocycles. The lowest BCUT2D eigenvalue weighted by Gasteiger charge is -2.23. The number of rotatable bonds is 6. The lowest BCUT2D eigenvalue weighted by atomic mass is 9.98. The lowest BCUT2D eigenvalue weighted by Crippen LogP contribution is -2.14. The summed E-state index contributed by atoms with van der Waals surface area (Å²) in [6.07, 6.45) is 6.04. The maximum Gasteiger partial charge on any atom is 0.359 e. The third kappa shape index (κ3) is 5.61. The summed E-state index contributed by atoms with van der Waals surface area (Å²) >= 11 is 1.43. The van der Waals surface area contributed by atoms with E-state index in [1.54, 1.807) is 0 Å². The van der Waals surface area contributed by atoms with Crippen LogP contribution in [0.15, 0.2) is 0 Å². The van der Waals surface area contributed by atoms with E-state index in [2.05, 4.69) is 0 Å². The molecule has 0 radical (unpaired) electrons. The van der Waals surface area contributed by atoms with Gasteiger partial charge in [-0.25, -0.2) is 7.94 Å². The molecular weight excluding hydrogens is 286 g/mol. The Bertz CT molecular complexity index is 145. The van der Waals surface area contributed by atoms with Crippen molar-refractivity contribution in [3.8, 4) is 0 Å². The summed E-state index contributed by atoms with van der Waals surface area (Å²) < 4.78 is 15.5. The average molecular weight is 297 g/mol. The molecule has 0 aromatic heterocycles. The zero-order chi connectivity index (χ0) is 10.2. The quantitative estimate of drug-likeness (QED) is 0.496. The standard InChI is InChI=1S/C6H11Cl2O3PS2/c7-13-10-12(11-14-8)9-6-4-2-1-3-5-6/h6H,1-5H2. The van der Waals surface area contributed by atoms with Crippen molar-refractivity contribution in [1.29, 1.82) is 0 Å². The summed E-state index contributed by atoms with van der Waals surface area (Å²) in [7, 11) is 9.27. The van der Waals surface area contributed by atoms with Gasteiger partial charge in [0.25, 0.3) is 0 Å². The molecule has 0 aromatic carbocycles. The largest absolute Gasteiger partial charge is 0.359 e. The Morgan fingerprint density at radius 3 is 2.07 bits per heavy atom. The van der Waals surface area contributed by atoms with Gasteiger partial charge in [0, 0.05) is 0 Å². The van der Waals surface area contributed by atoms with Crippen LogP contribution in [0.25, 0.3) is 0 Å². The highest BCUT2D eigenvalue weighted by molar-refractivity contribution is 8.21. The highest BCUT2D eigenvalue weighted by Gasteiger charge is 2.22.